The fourth-order valence-corrected chi connectivity index (χ4v) is 3.96. The number of rotatable bonds is 7. The lowest BCUT2D eigenvalue weighted by Crippen LogP contribution is -2.52. The first-order valence-corrected chi connectivity index (χ1v) is 10.4. The van der Waals surface area contributed by atoms with E-state index in [1.807, 2.05) is 44.1 Å². The van der Waals surface area contributed by atoms with Crippen molar-refractivity contribution in [3.63, 3.8) is 0 Å². The SMILES string of the molecule is CO[C@H](C)C1C(=O)Nc2c(cc(NCc3cnn(Cc4cccc(F)c4)c3)nc2C)N1C. The molecule has 8 nitrogen and oxygen atoms in total. The number of pyridine rings is 1. The number of hydrogen-bond acceptors (Lipinski definition) is 6. The van der Waals surface area contributed by atoms with E-state index >= 15 is 0 Å². The summed E-state index contributed by atoms with van der Waals surface area (Å²) < 4.78 is 20.6. The Morgan fingerprint density at radius 3 is 2.88 bits per heavy atom. The van der Waals surface area contributed by atoms with E-state index in [-0.39, 0.29) is 17.8 Å². The highest BCUT2D eigenvalue weighted by molar-refractivity contribution is 6.04. The third-order valence-corrected chi connectivity index (χ3v) is 5.70. The summed E-state index contributed by atoms with van der Waals surface area (Å²) in [5.41, 5.74) is 4.16. The highest BCUT2D eigenvalue weighted by Crippen LogP contribution is 2.36. The Morgan fingerprint density at radius 2 is 2.12 bits per heavy atom. The summed E-state index contributed by atoms with van der Waals surface area (Å²) in [5, 5.41) is 10.7. The van der Waals surface area contributed by atoms with Gasteiger partial charge in [0.1, 0.15) is 17.7 Å². The number of hydrogen-bond donors (Lipinski definition) is 2. The number of carbonyl (C=O) groups is 1. The van der Waals surface area contributed by atoms with Crippen LogP contribution in [0, 0.1) is 12.7 Å². The summed E-state index contributed by atoms with van der Waals surface area (Å²) in [6.45, 7) is 4.77. The number of fused-ring (bicyclic) bond motifs is 1. The van der Waals surface area contributed by atoms with E-state index in [2.05, 4.69) is 20.7 Å². The molecule has 0 saturated heterocycles. The van der Waals surface area contributed by atoms with Crippen molar-refractivity contribution in [1.82, 2.24) is 14.8 Å². The van der Waals surface area contributed by atoms with Crippen LogP contribution in [0.25, 0.3) is 0 Å². The van der Waals surface area contributed by atoms with Crippen LogP contribution >= 0.6 is 0 Å². The number of carbonyl (C=O) groups excluding carboxylic acids is 1. The van der Waals surface area contributed by atoms with Gasteiger partial charge in [0, 0.05) is 38.5 Å². The minimum absolute atomic E-state index is 0.106. The molecule has 168 valence electrons. The number of methoxy groups -OCH3 is 1. The van der Waals surface area contributed by atoms with Crippen LogP contribution in [-0.4, -0.2) is 47.0 Å². The molecule has 9 heteroatoms. The van der Waals surface area contributed by atoms with Gasteiger partial charge in [-0.05, 0) is 31.5 Å². The third-order valence-electron chi connectivity index (χ3n) is 5.70. The van der Waals surface area contributed by atoms with Gasteiger partial charge < -0.3 is 20.3 Å². The number of amides is 1. The van der Waals surface area contributed by atoms with Crippen molar-refractivity contribution in [1.29, 1.82) is 0 Å². The van der Waals surface area contributed by atoms with E-state index in [9.17, 15) is 9.18 Å². The molecule has 3 aromatic rings. The standard InChI is InChI=1S/C23H27FN6O2/c1-14-21-19(29(3)22(15(2)32-4)23(31)28-21)9-20(27-14)25-10-17-11-26-30(13-17)12-16-6-5-7-18(24)8-16/h5-9,11,13,15,22H,10,12H2,1-4H3,(H,25,27)(H,28,31)/t15-,22?/m1/s1. The normalized spacial score (nSPS) is 16.5. The Balaban J connectivity index is 1.47. The molecular formula is C23H27FN6O2. The van der Waals surface area contributed by atoms with Crippen LogP contribution in [0.2, 0.25) is 0 Å². The van der Waals surface area contributed by atoms with Crippen molar-refractivity contribution in [2.24, 2.45) is 0 Å². The predicted octanol–water partition coefficient (Wildman–Crippen LogP) is 3.18. The summed E-state index contributed by atoms with van der Waals surface area (Å²) in [5.74, 6) is 0.338. The second-order valence-electron chi connectivity index (χ2n) is 8.00. The van der Waals surface area contributed by atoms with Crippen molar-refractivity contribution in [2.45, 2.75) is 39.1 Å². The van der Waals surface area contributed by atoms with E-state index in [0.717, 1.165) is 22.5 Å². The van der Waals surface area contributed by atoms with Gasteiger partial charge in [-0.1, -0.05) is 12.1 Å². The van der Waals surface area contributed by atoms with Gasteiger partial charge in [-0.15, -0.1) is 0 Å². The Kier molecular flexibility index (Phi) is 6.09. The highest BCUT2D eigenvalue weighted by atomic mass is 19.1. The fourth-order valence-electron chi connectivity index (χ4n) is 3.96. The number of ether oxygens (including phenoxy) is 1. The van der Waals surface area contributed by atoms with Crippen LogP contribution < -0.4 is 15.5 Å². The Labute approximate surface area is 186 Å². The molecule has 1 aliphatic heterocycles. The molecule has 3 heterocycles. The Hall–Kier alpha value is -3.46. The Bertz CT molecular complexity index is 1130. The largest absolute Gasteiger partial charge is 0.379 e. The van der Waals surface area contributed by atoms with E-state index in [0.29, 0.717) is 24.6 Å². The van der Waals surface area contributed by atoms with E-state index in [1.54, 1.807) is 24.1 Å². The zero-order valence-electron chi connectivity index (χ0n) is 18.6. The second-order valence-corrected chi connectivity index (χ2v) is 8.00. The number of likely N-dealkylation sites (N-methyl/N-ethyl adjacent to an activating group) is 1. The summed E-state index contributed by atoms with van der Waals surface area (Å²) in [7, 11) is 3.48. The third kappa shape index (κ3) is 4.43. The molecule has 0 spiro atoms. The topological polar surface area (TPSA) is 84.3 Å². The molecule has 32 heavy (non-hydrogen) atoms. The molecule has 2 atom stereocenters. The number of benzene rings is 1. The first-order valence-electron chi connectivity index (χ1n) is 10.4. The number of anilines is 3. The van der Waals surface area contributed by atoms with E-state index in [4.69, 9.17) is 4.74 Å². The van der Waals surface area contributed by atoms with Gasteiger partial charge in [0.2, 0.25) is 5.91 Å². The number of aryl methyl sites for hydroxylation is 1. The van der Waals surface area contributed by atoms with Gasteiger partial charge in [0.25, 0.3) is 0 Å². The van der Waals surface area contributed by atoms with E-state index < -0.39 is 6.04 Å². The average molecular weight is 439 g/mol. The maximum atomic E-state index is 13.4. The van der Waals surface area contributed by atoms with Crippen LogP contribution in [0.4, 0.5) is 21.6 Å². The van der Waals surface area contributed by atoms with Gasteiger partial charge in [0.15, 0.2) is 0 Å². The Morgan fingerprint density at radius 1 is 1.31 bits per heavy atom. The second kappa shape index (κ2) is 8.96. The number of nitrogens with zero attached hydrogens (tertiary/aromatic N) is 4. The van der Waals surface area contributed by atoms with Gasteiger partial charge in [-0.25, -0.2) is 9.37 Å². The van der Waals surface area contributed by atoms with Crippen LogP contribution in [0.3, 0.4) is 0 Å². The molecule has 1 amide bonds. The summed E-state index contributed by atoms with van der Waals surface area (Å²) in [6, 6.07) is 7.99. The van der Waals surface area contributed by atoms with Gasteiger partial charge >= 0.3 is 0 Å². The van der Waals surface area contributed by atoms with Gasteiger partial charge in [-0.2, -0.15) is 5.10 Å². The molecule has 0 radical (unpaired) electrons. The first kappa shape index (κ1) is 21.8. The zero-order chi connectivity index (χ0) is 22.8. The van der Waals surface area contributed by atoms with E-state index in [1.165, 1.54) is 12.1 Å². The summed E-state index contributed by atoms with van der Waals surface area (Å²) in [4.78, 5) is 19.1. The molecule has 0 saturated carbocycles. The molecule has 2 N–H and O–H groups in total. The van der Waals surface area contributed by atoms with Crippen molar-refractivity contribution < 1.29 is 13.9 Å². The van der Waals surface area contributed by atoms with Gasteiger partial charge in [-0.3, -0.25) is 9.48 Å². The minimum Gasteiger partial charge on any atom is -0.379 e. The first-order chi connectivity index (χ1) is 15.4. The van der Waals surface area contributed by atoms with Crippen molar-refractivity contribution >= 4 is 23.1 Å². The average Bonchev–Trinajstić information content (AvgIpc) is 3.20. The predicted molar refractivity (Wildman–Crippen MR) is 121 cm³/mol. The quantitative estimate of drug-likeness (QED) is 0.590. The lowest BCUT2D eigenvalue weighted by Gasteiger charge is -2.38. The molecule has 0 fully saturated rings. The fraction of sp³-hybridized carbons (Fsp3) is 0.348. The number of aromatic nitrogens is 3. The highest BCUT2D eigenvalue weighted by Gasteiger charge is 2.36. The minimum atomic E-state index is -0.428. The number of nitrogens with one attached hydrogen (secondary N) is 2. The lowest BCUT2D eigenvalue weighted by molar-refractivity contribution is -0.120. The molecule has 2 aromatic heterocycles. The van der Waals surface area contributed by atoms with Crippen LogP contribution in [0.1, 0.15) is 23.7 Å². The monoisotopic (exact) mass is 438 g/mol. The van der Waals surface area contributed by atoms with Crippen molar-refractivity contribution in [3.8, 4) is 0 Å². The molecular weight excluding hydrogens is 411 g/mol. The van der Waals surface area contributed by atoms with Crippen LogP contribution in [0.5, 0.6) is 0 Å². The summed E-state index contributed by atoms with van der Waals surface area (Å²) >= 11 is 0. The molecule has 1 aliphatic rings. The number of halogens is 1. The van der Waals surface area contributed by atoms with Crippen LogP contribution in [0.15, 0.2) is 42.7 Å². The lowest BCUT2D eigenvalue weighted by atomic mass is 10.0. The van der Waals surface area contributed by atoms with Gasteiger partial charge in [0.05, 0.1) is 35.9 Å². The zero-order valence-corrected chi connectivity index (χ0v) is 18.6. The molecule has 0 aliphatic carbocycles. The molecule has 1 unspecified atom stereocenters. The smallest absolute Gasteiger partial charge is 0.249 e. The van der Waals surface area contributed by atoms with Crippen LogP contribution in [-0.2, 0) is 22.6 Å². The maximum Gasteiger partial charge on any atom is 0.249 e. The maximum absolute atomic E-state index is 13.4. The van der Waals surface area contributed by atoms with Crippen molar-refractivity contribution in [3.05, 3.63) is 65.4 Å². The summed E-state index contributed by atoms with van der Waals surface area (Å²) in [6.07, 6.45) is 3.44. The molecule has 1 aromatic carbocycles. The van der Waals surface area contributed by atoms with Crippen molar-refractivity contribution in [2.75, 3.05) is 29.7 Å². The molecule has 0 bridgehead atoms. The molecule has 4 rings (SSSR count).